The standard InChI is InChI=1S/C18H16N4O4S/c1-25-13-7-3-11(4-8-13)15(23)19-17-21-22-18(27-17)20-16(24)12-5-9-14(26-2)10-6-12/h3-10H,1-2H3,(H,19,21,23)(H,20,22,24). The van der Waals surface area contributed by atoms with Crippen LogP contribution in [0.5, 0.6) is 11.5 Å². The second-order valence-electron chi connectivity index (χ2n) is 5.28. The maximum Gasteiger partial charge on any atom is 0.257 e. The zero-order valence-corrected chi connectivity index (χ0v) is 15.4. The number of hydrogen-bond donors (Lipinski definition) is 2. The number of aromatic nitrogens is 2. The van der Waals surface area contributed by atoms with Crippen molar-refractivity contribution in [2.24, 2.45) is 0 Å². The largest absolute Gasteiger partial charge is 0.497 e. The molecule has 0 aliphatic carbocycles. The molecule has 27 heavy (non-hydrogen) atoms. The molecule has 0 radical (unpaired) electrons. The number of benzene rings is 2. The van der Waals surface area contributed by atoms with E-state index in [1.54, 1.807) is 62.8 Å². The van der Waals surface area contributed by atoms with Crippen LogP contribution in [-0.2, 0) is 0 Å². The molecule has 0 unspecified atom stereocenters. The van der Waals surface area contributed by atoms with Gasteiger partial charge in [-0.25, -0.2) is 0 Å². The fourth-order valence-corrected chi connectivity index (χ4v) is 2.78. The third-order valence-corrected chi connectivity index (χ3v) is 4.32. The molecule has 0 bridgehead atoms. The SMILES string of the molecule is COc1ccc(C(=O)Nc2nnc(NC(=O)c3ccc(OC)cc3)s2)cc1. The van der Waals surface area contributed by atoms with Crippen LogP contribution in [0, 0.1) is 0 Å². The highest BCUT2D eigenvalue weighted by Gasteiger charge is 2.13. The van der Waals surface area contributed by atoms with Crippen LogP contribution >= 0.6 is 11.3 Å². The first-order valence-electron chi connectivity index (χ1n) is 7.83. The first-order chi connectivity index (χ1) is 13.1. The Labute approximate surface area is 159 Å². The summed E-state index contributed by atoms with van der Waals surface area (Å²) in [6.07, 6.45) is 0. The van der Waals surface area contributed by atoms with Crippen molar-refractivity contribution < 1.29 is 19.1 Å². The predicted molar refractivity (Wildman–Crippen MR) is 102 cm³/mol. The number of nitrogens with zero attached hydrogens (tertiary/aromatic N) is 2. The summed E-state index contributed by atoms with van der Waals surface area (Å²) in [5, 5.41) is 13.6. The number of hydrogen-bond acceptors (Lipinski definition) is 7. The van der Waals surface area contributed by atoms with Crippen LogP contribution in [0.4, 0.5) is 10.3 Å². The van der Waals surface area contributed by atoms with Crippen LogP contribution in [-0.4, -0.2) is 36.2 Å². The Kier molecular flexibility index (Phi) is 5.62. The molecule has 2 N–H and O–H groups in total. The molecule has 3 rings (SSSR count). The lowest BCUT2D eigenvalue weighted by Gasteiger charge is -2.03. The van der Waals surface area contributed by atoms with Crippen molar-refractivity contribution in [3.8, 4) is 11.5 Å². The highest BCUT2D eigenvalue weighted by Crippen LogP contribution is 2.22. The minimum absolute atomic E-state index is 0.279. The third-order valence-electron chi connectivity index (χ3n) is 3.57. The molecule has 3 aromatic rings. The average Bonchev–Trinajstić information content (AvgIpc) is 3.14. The van der Waals surface area contributed by atoms with Gasteiger partial charge in [0, 0.05) is 11.1 Å². The Bertz CT molecular complexity index is 863. The highest BCUT2D eigenvalue weighted by molar-refractivity contribution is 7.19. The lowest BCUT2D eigenvalue weighted by molar-refractivity contribution is 0.101. The van der Waals surface area contributed by atoms with Gasteiger partial charge in [0.25, 0.3) is 11.8 Å². The van der Waals surface area contributed by atoms with E-state index in [0.717, 1.165) is 11.3 Å². The van der Waals surface area contributed by atoms with Crippen LogP contribution in [0.25, 0.3) is 0 Å². The highest BCUT2D eigenvalue weighted by atomic mass is 32.1. The van der Waals surface area contributed by atoms with Gasteiger partial charge in [-0.05, 0) is 48.5 Å². The minimum Gasteiger partial charge on any atom is -0.497 e. The van der Waals surface area contributed by atoms with Gasteiger partial charge in [0.15, 0.2) is 0 Å². The lowest BCUT2D eigenvalue weighted by atomic mass is 10.2. The van der Waals surface area contributed by atoms with Crippen LogP contribution in [0.1, 0.15) is 20.7 Å². The molecule has 0 aliphatic heterocycles. The van der Waals surface area contributed by atoms with E-state index in [0.29, 0.717) is 22.6 Å². The number of rotatable bonds is 6. The average molecular weight is 384 g/mol. The summed E-state index contributed by atoms with van der Waals surface area (Å²) >= 11 is 1.06. The van der Waals surface area contributed by atoms with Crippen molar-refractivity contribution in [1.82, 2.24) is 10.2 Å². The molecule has 1 heterocycles. The summed E-state index contributed by atoms with van der Waals surface area (Å²) in [4.78, 5) is 24.4. The van der Waals surface area contributed by atoms with Gasteiger partial charge >= 0.3 is 0 Å². The Hall–Kier alpha value is -3.46. The molecule has 9 heteroatoms. The van der Waals surface area contributed by atoms with Crippen LogP contribution in [0.15, 0.2) is 48.5 Å². The Morgan fingerprint density at radius 3 is 1.44 bits per heavy atom. The van der Waals surface area contributed by atoms with Crippen molar-refractivity contribution in [1.29, 1.82) is 0 Å². The van der Waals surface area contributed by atoms with Crippen molar-refractivity contribution in [3.05, 3.63) is 59.7 Å². The summed E-state index contributed by atoms with van der Waals surface area (Å²) < 4.78 is 10.1. The molecule has 0 atom stereocenters. The predicted octanol–water partition coefficient (Wildman–Crippen LogP) is 3.06. The fourth-order valence-electron chi connectivity index (χ4n) is 2.15. The molecular weight excluding hydrogens is 368 g/mol. The van der Waals surface area contributed by atoms with Crippen molar-refractivity contribution in [2.45, 2.75) is 0 Å². The maximum atomic E-state index is 12.2. The molecule has 0 aliphatic rings. The van der Waals surface area contributed by atoms with Crippen LogP contribution in [0.3, 0.4) is 0 Å². The Morgan fingerprint density at radius 2 is 1.11 bits per heavy atom. The summed E-state index contributed by atoms with van der Waals surface area (Å²) in [6, 6.07) is 13.3. The molecule has 2 amide bonds. The Balaban J connectivity index is 1.61. The van der Waals surface area contributed by atoms with Crippen LogP contribution < -0.4 is 20.1 Å². The molecule has 0 fully saturated rings. The molecule has 1 aromatic heterocycles. The van der Waals surface area contributed by atoms with E-state index < -0.39 is 0 Å². The summed E-state index contributed by atoms with van der Waals surface area (Å²) in [6.45, 7) is 0. The van der Waals surface area contributed by atoms with Crippen molar-refractivity contribution in [3.63, 3.8) is 0 Å². The van der Waals surface area contributed by atoms with Crippen LogP contribution in [0.2, 0.25) is 0 Å². The van der Waals surface area contributed by atoms with Gasteiger partial charge in [-0.2, -0.15) is 0 Å². The molecule has 0 spiro atoms. The first-order valence-corrected chi connectivity index (χ1v) is 8.65. The van der Waals surface area contributed by atoms with Gasteiger partial charge < -0.3 is 9.47 Å². The molecule has 2 aromatic carbocycles. The summed E-state index contributed by atoms with van der Waals surface area (Å²) in [5.41, 5.74) is 0.907. The number of carbonyl (C=O) groups excluding carboxylic acids is 2. The second kappa shape index (κ2) is 8.28. The molecule has 0 saturated heterocycles. The van der Waals surface area contributed by atoms with E-state index in [9.17, 15) is 9.59 Å². The van der Waals surface area contributed by atoms with Gasteiger partial charge in [-0.3, -0.25) is 20.2 Å². The van der Waals surface area contributed by atoms with Gasteiger partial charge in [0.1, 0.15) is 11.5 Å². The fraction of sp³-hybridized carbons (Fsp3) is 0.111. The van der Waals surface area contributed by atoms with Crippen molar-refractivity contribution in [2.75, 3.05) is 24.9 Å². The number of ether oxygens (including phenoxy) is 2. The smallest absolute Gasteiger partial charge is 0.257 e. The van der Waals surface area contributed by atoms with E-state index in [4.69, 9.17) is 9.47 Å². The summed E-state index contributed by atoms with van der Waals surface area (Å²) in [5.74, 6) is 0.653. The molecular formula is C18H16N4O4S. The van der Waals surface area contributed by atoms with Gasteiger partial charge in [-0.1, -0.05) is 11.3 Å². The number of carbonyl (C=O) groups is 2. The third kappa shape index (κ3) is 4.59. The van der Waals surface area contributed by atoms with E-state index in [1.165, 1.54) is 0 Å². The van der Waals surface area contributed by atoms with Gasteiger partial charge in [0.2, 0.25) is 10.3 Å². The lowest BCUT2D eigenvalue weighted by Crippen LogP contribution is -2.11. The zero-order valence-electron chi connectivity index (χ0n) is 14.6. The van der Waals surface area contributed by atoms with Crippen molar-refractivity contribution >= 4 is 33.4 Å². The molecule has 138 valence electrons. The van der Waals surface area contributed by atoms with E-state index >= 15 is 0 Å². The molecule has 8 nitrogen and oxygen atoms in total. The second-order valence-corrected chi connectivity index (χ2v) is 6.26. The number of anilines is 2. The summed E-state index contributed by atoms with van der Waals surface area (Å²) in [7, 11) is 3.11. The van der Waals surface area contributed by atoms with Gasteiger partial charge in [-0.15, -0.1) is 10.2 Å². The maximum absolute atomic E-state index is 12.2. The Morgan fingerprint density at radius 1 is 0.741 bits per heavy atom. The molecule has 0 saturated carbocycles. The normalized spacial score (nSPS) is 10.1. The topological polar surface area (TPSA) is 102 Å². The van der Waals surface area contributed by atoms with E-state index in [-0.39, 0.29) is 22.1 Å². The monoisotopic (exact) mass is 384 g/mol. The number of nitrogens with one attached hydrogen (secondary N) is 2. The number of methoxy groups -OCH3 is 2. The van der Waals surface area contributed by atoms with E-state index in [2.05, 4.69) is 20.8 Å². The quantitative estimate of drug-likeness (QED) is 0.677. The first kappa shape index (κ1) is 18.3. The van der Waals surface area contributed by atoms with E-state index in [1.807, 2.05) is 0 Å². The zero-order chi connectivity index (χ0) is 19.2. The number of amides is 2. The van der Waals surface area contributed by atoms with Gasteiger partial charge in [0.05, 0.1) is 14.2 Å². The minimum atomic E-state index is -0.332.